The molecule has 0 aliphatic carbocycles. The van der Waals surface area contributed by atoms with Crippen LogP contribution in [0.5, 0.6) is 11.6 Å². The summed E-state index contributed by atoms with van der Waals surface area (Å²) < 4.78 is 7.69. The van der Waals surface area contributed by atoms with Gasteiger partial charge in [0.2, 0.25) is 5.88 Å². The maximum Gasteiger partial charge on any atom is 0.237 e. The number of pyridine rings is 2. The summed E-state index contributed by atoms with van der Waals surface area (Å²) in [6.07, 6.45) is 5.55. The Balaban J connectivity index is 1.76. The van der Waals surface area contributed by atoms with Crippen LogP contribution in [-0.2, 0) is 0 Å². The lowest BCUT2D eigenvalue weighted by atomic mass is 10.0. The van der Waals surface area contributed by atoms with E-state index in [0.29, 0.717) is 16.9 Å². The summed E-state index contributed by atoms with van der Waals surface area (Å²) in [5.41, 5.74) is 4.17. The van der Waals surface area contributed by atoms with Gasteiger partial charge < -0.3 is 9.14 Å². The van der Waals surface area contributed by atoms with Gasteiger partial charge in [0.15, 0.2) is 0 Å². The van der Waals surface area contributed by atoms with E-state index < -0.39 is 0 Å². The molecule has 128 valence electrons. The zero-order valence-electron chi connectivity index (χ0n) is 14.4. The third kappa shape index (κ3) is 3.08. The maximum atomic E-state index is 9.56. The normalized spacial score (nSPS) is 10.3. The summed E-state index contributed by atoms with van der Waals surface area (Å²) in [6, 6.07) is 16.6. The van der Waals surface area contributed by atoms with Crippen molar-refractivity contribution in [2.45, 2.75) is 6.92 Å². The van der Waals surface area contributed by atoms with Gasteiger partial charge in [-0.3, -0.25) is 0 Å². The van der Waals surface area contributed by atoms with Gasteiger partial charge in [0.25, 0.3) is 0 Å². The molecule has 0 saturated carbocycles. The number of ether oxygens (including phenoxy) is 1. The first kappa shape index (κ1) is 16.3. The van der Waals surface area contributed by atoms with Crippen LogP contribution in [0.2, 0.25) is 0 Å². The molecule has 27 heavy (non-hydrogen) atoms. The molecule has 1 aromatic carbocycles. The second-order valence-corrected chi connectivity index (χ2v) is 5.94. The molecule has 0 amide bonds. The quantitative estimate of drug-likeness (QED) is 0.551. The van der Waals surface area contributed by atoms with Crippen molar-refractivity contribution in [1.82, 2.24) is 14.4 Å². The fourth-order valence-electron chi connectivity index (χ4n) is 2.85. The number of rotatable bonds is 3. The molecule has 0 atom stereocenters. The highest BCUT2D eigenvalue weighted by molar-refractivity contribution is 5.69. The van der Waals surface area contributed by atoms with E-state index in [4.69, 9.17) is 10.00 Å². The molecule has 6 heteroatoms. The van der Waals surface area contributed by atoms with Crippen LogP contribution in [0.1, 0.15) is 16.8 Å². The first-order chi connectivity index (χ1) is 13.2. The second kappa shape index (κ2) is 6.62. The first-order valence-electron chi connectivity index (χ1n) is 8.21. The number of aryl methyl sites for hydroxylation is 1. The van der Waals surface area contributed by atoms with Crippen molar-refractivity contribution in [3.05, 3.63) is 77.9 Å². The van der Waals surface area contributed by atoms with E-state index in [9.17, 15) is 5.26 Å². The molecule has 0 bridgehead atoms. The fraction of sp³-hybridized carbons (Fsp3) is 0.0476. The second-order valence-electron chi connectivity index (χ2n) is 5.94. The molecule has 3 aromatic heterocycles. The highest BCUT2D eigenvalue weighted by Crippen LogP contribution is 2.30. The van der Waals surface area contributed by atoms with Gasteiger partial charge in [-0.2, -0.15) is 10.5 Å². The average molecular weight is 351 g/mol. The van der Waals surface area contributed by atoms with Gasteiger partial charge in [-0.25, -0.2) is 9.97 Å². The topological polar surface area (TPSA) is 87.0 Å². The molecule has 4 aromatic rings. The molecule has 0 saturated heterocycles. The van der Waals surface area contributed by atoms with Crippen molar-refractivity contribution in [3.8, 4) is 34.9 Å². The number of nitrogens with zero attached hydrogens (tertiary/aromatic N) is 5. The molecular formula is C21H13N5O. The number of imidazole rings is 1. The molecule has 0 aliphatic heterocycles. The van der Waals surface area contributed by atoms with Crippen LogP contribution in [-0.4, -0.2) is 14.4 Å². The van der Waals surface area contributed by atoms with Crippen molar-refractivity contribution in [1.29, 1.82) is 10.5 Å². The molecule has 0 spiro atoms. The maximum absolute atomic E-state index is 9.56. The molecule has 3 heterocycles. The standard InChI is InChI=1S/C21H13N5O/c1-14-19(16-5-6-20-24-7-8-26(20)13-16)10-17(12-23)21(25-14)27-18-4-2-3-15(9-18)11-22/h2-10,13H,1H3. The van der Waals surface area contributed by atoms with Crippen LogP contribution in [0.15, 0.2) is 61.1 Å². The molecule has 0 unspecified atom stereocenters. The number of hydrogen-bond donors (Lipinski definition) is 0. The van der Waals surface area contributed by atoms with E-state index in [1.807, 2.05) is 35.9 Å². The lowest BCUT2D eigenvalue weighted by Crippen LogP contribution is -1.98. The summed E-state index contributed by atoms with van der Waals surface area (Å²) in [7, 11) is 0. The van der Waals surface area contributed by atoms with E-state index in [2.05, 4.69) is 22.1 Å². The van der Waals surface area contributed by atoms with Gasteiger partial charge in [-0.05, 0) is 43.3 Å². The summed E-state index contributed by atoms with van der Waals surface area (Å²) in [6.45, 7) is 1.87. The predicted octanol–water partition coefficient (Wildman–Crippen LogP) is 4.24. The lowest BCUT2D eigenvalue weighted by Gasteiger charge is -2.11. The van der Waals surface area contributed by atoms with Gasteiger partial charge >= 0.3 is 0 Å². The number of benzene rings is 1. The number of nitriles is 2. The van der Waals surface area contributed by atoms with Crippen LogP contribution in [0.25, 0.3) is 16.8 Å². The Kier molecular flexibility index (Phi) is 4.00. The summed E-state index contributed by atoms with van der Waals surface area (Å²) in [5.74, 6) is 0.683. The van der Waals surface area contributed by atoms with Crippen molar-refractivity contribution in [3.63, 3.8) is 0 Å². The van der Waals surface area contributed by atoms with Gasteiger partial charge in [-0.15, -0.1) is 0 Å². The van der Waals surface area contributed by atoms with Gasteiger partial charge in [-0.1, -0.05) is 6.07 Å². The van der Waals surface area contributed by atoms with Crippen LogP contribution < -0.4 is 4.74 Å². The minimum absolute atomic E-state index is 0.220. The van der Waals surface area contributed by atoms with Crippen LogP contribution >= 0.6 is 0 Å². The fourth-order valence-corrected chi connectivity index (χ4v) is 2.85. The monoisotopic (exact) mass is 351 g/mol. The highest BCUT2D eigenvalue weighted by Gasteiger charge is 2.13. The molecule has 0 N–H and O–H groups in total. The van der Waals surface area contributed by atoms with Crippen LogP contribution in [0.3, 0.4) is 0 Å². The Labute approximate surface area is 155 Å². The van der Waals surface area contributed by atoms with E-state index >= 15 is 0 Å². The van der Waals surface area contributed by atoms with E-state index in [1.54, 1.807) is 36.5 Å². The Morgan fingerprint density at radius 1 is 1.07 bits per heavy atom. The molecular weight excluding hydrogens is 338 g/mol. The first-order valence-corrected chi connectivity index (χ1v) is 8.21. The van der Waals surface area contributed by atoms with Crippen molar-refractivity contribution in [2.75, 3.05) is 0 Å². The zero-order chi connectivity index (χ0) is 18.8. The summed E-state index contributed by atoms with van der Waals surface area (Å²) in [5, 5.41) is 18.6. The number of fused-ring (bicyclic) bond motifs is 1. The Hall–Kier alpha value is -4.16. The zero-order valence-corrected chi connectivity index (χ0v) is 14.4. The predicted molar refractivity (Wildman–Crippen MR) is 99.1 cm³/mol. The van der Waals surface area contributed by atoms with Gasteiger partial charge in [0.1, 0.15) is 23.0 Å². The van der Waals surface area contributed by atoms with Crippen molar-refractivity contribution >= 4 is 5.65 Å². The molecule has 4 rings (SSSR count). The van der Waals surface area contributed by atoms with Crippen LogP contribution in [0.4, 0.5) is 0 Å². The minimum Gasteiger partial charge on any atom is -0.438 e. The molecule has 0 aliphatic rings. The minimum atomic E-state index is 0.220. The SMILES string of the molecule is Cc1nc(Oc2cccc(C#N)c2)c(C#N)cc1-c1ccc2nccn2c1. The Morgan fingerprint density at radius 3 is 2.78 bits per heavy atom. The summed E-state index contributed by atoms with van der Waals surface area (Å²) >= 11 is 0. The Bertz CT molecular complexity index is 1240. The molecule has 0 radical (unpaired) electrons. The van der Waals surface area contributed by atoms with Gasteiger partial charge in [0, 0.05) is 35.4 Å². The third-order valence-corrected chi connectivity index (χ3v) is 4.18. The number of aromatic nitrogens is 3. The van der Waals surface area contributed by atoms with E-state index in [-0.39, 0.29) is 5.88 Å². The highest BCUT2D eigenvalue weighted by atomic mass is 16.5. The Morgan fingerprint density at radius 2 is 1.96 bits per heavy atom. The van der Waals surface area contributed by atoms with Crippen LogP contribution in [0, 0.1) is 29.6 Å². The lowest BCUT2D eigenvalue weighted by molar-refractivity contribution is 0.460. The summed E-state index contributed by atoms with van der Waals surface area (Å²) in [4.78, 5) is 8.72. The van der Waals surface area contributed by atoms with Crippen molar-refractivity contribution in [2.24, 2.45) is 0 Å². The van der Waals surface area contributed by atoms with E-state index in [1.165, 1.54) is 0 Å². The largest absolute Gasteiger partial charge is 0.438 e. The molecule has 6 nitrogen and oxygen atoms in total. The third-order valence-electron chi connectivity index (χ3n) is 4.18. The van der Waals surface area contributed by atoms with Crippen molar-refractivity contribution < 1.29 is 4.74 Å². The number of hydrogen-bond acceptors (Lipinski definition) is 5. The average Bonchev–Trinajstić information content (AvgIpc) is 3.16. The smallest absolute Gasteiger partial charge is 0.237 e. The van der Waals surface area contributed by atoms with Gasteiger partial charge in [0.05, 0.1) is 11.6 Å². The van der Waals surface area contributed by atoms with E-state index in [0.717, 1.165) is 22.5 Å². The molecule has 0 fully saturated rings.